The normalized spacial score (nSPS) is 23.3. The smallest absolute Gasteiger partial charge is 0.330 e. The largest absolute Gasteiger partial charge is 0.394 e. The highest BCUT2D eigenvalue weighted by Crippen LogP contribution is 2.27. The number of H-pyrrole nitrogens is 1. The Bertz CT molecular complexity index is 1070. The molecule has 2 aliphatic rings. The third-order valence-electron chi connectivity index (χ3n) is 5.44. The summed E-state index contributed by atoms with van der Waals surface area (Å²) in [5, 5.41) is 19.1. The molecule has 1 aromatic carbocycles. The number of carbonyl (C=O) groups excluding carboxylic acids is 2. The summed E-state index contributed by atoms with van der Waals surface area (Å²) in [6.07, 6.45) is -0.507. The van der Waals surface area contributed by atoms with Gasteiger partial charge in [-0.15, -0.1) is 0 Å². The van der Waals surface area contributed by atoms with Crippen LogP contribution in [0.4, 0.5) is 0 Å². The first-order valence-electron chi connectivity index (χ1n) is 9.64. The lowest BCUT2D eigenvalue weighted by molar-refractivity contribution is -0.0460. The van der Waals surface area contributed by atoms with Gasteiger partial charge in [0.05, 0.1) is 23.8 Å². The number of hydrogen-bond donors (Lipinski definition) is 3. The van der Waals surface area contributed by atoms with Gasteiger partial charge in [0.2, 0.25) is 0 Å². The van der Waals surface area contributed by atoms with E-state index >= 15 is 0 Å². The van der Waals surface area contributed by atoms with E-state index in [4.69, 9.17) is 4.74 Å². The second-order valence-corrected chi connectivity index (χ2v) is 7.35. The zero-order chi connectivity index (χ0) is 21.4. The van der Waals surface area contributed by atoms with Crippen molar-refractivity contribution in [2.24, 2.45) is 0 Å². The van der Waals surface area contributed by atoms with Gasteiger partial charge in [-0.1, -0.05) is 12.1 Å². The van der Waals surface area contributed by atoms with Gasteiger partial charge < -0.3 is 14.9 Å². The highest BCUT2D eigenvalue weighted by Gasteiger charge is 2.36. The topological polar surface area (TPSA) is 142 Å². The van der Waals surface area contributed by atoms with Gasteiger partial charge in [-0.2, -0.15) is 0 Å². The number of ether oxygens (including phenoxy) is 1. The van der Waals surface area contributed by atoms with Gasteiger partial charge >= 0.3 is 5.69 Å². The lowest BCUT2D eigenvalue weighted by Gasteiger charge is -2.16. The van der Waals surface area contributed by atoms with E-state index in [2.05, 4.69) is 4.98 Å². The first-order valence-corrected chi connectivity index (χ1v) is 9.64. The second kappa shape index (κ2) is 7.98. The van der Waals surface area contributed by atoms with Gasteiger partial charge in [-0.05, 0) is 25.0 Å². The average molecular weight is 415 g/mol. The van der Waals surface area contributed by atoms with Crippen LogP contribution in [-0.2, 0) is 11.2 Å². The summed E-state index contributed by atoms with van der Waals surface area (Å²) in [4.78, 5) is 52.5. The van der Waals surface area contributed by atoms with E-state index in [1.807, 2.05) is 0 Å². The number of aliphatic hydroxyl groups is 2. The van der Waals surface area contributed by atoms with Crippen LogP contribution in [0, 0.1) is 0 Å². The van der Waals surface area contributed by atoms with Gasteiger partial charge in [0.1, 0.15) is 12.3 Å². The van der Waals surface area contributed by atoms with Crippen molar-refractivity contribution in [2.75, 3.05) is 13.2 Å². The lowest BCUT2D eigenvalue weighted by Crippen LogP contribution is -2.35. The van der Waals surface area contributed by atoms with Crippen LogP contribution in [0.3, 0.4) is 0 Å². The molecule has 2 aliphatic heterocycles. The Morgan fingerprint density at radius 2 is 1.77 bits per heavy atom. The number of aromatic nitrogens is 2. The Morgan fingerprint density at radius 1 is 1.10 bits per heavy atom. The third-order valence-corrected chi connectivity index (χ3v) is 5.44. The summed E-state index contributed by atoms with van der Waals surface area (Å²) in [7, 11) is 0. The van der Waals surface area contributed by atoms with Gasteiger partial charge in [-0.25, -0.2) is 4.79 Å². The van der Waals surface area contributed by atoms with Crippen molar-refractivity contribution in [1.29, 1.82) is 0 Å². The van der Waals surface area contributed by atoms with Crippen molar-refractivity contribution >= 4 is 11.8 Å². The van der Waals surface area contributed by atoms with Crippen LogP contribution < -0.4 is 11.2 Å². The van der Waals surface area contributed by atoms with E-state index in [-0.39, 0.29) is 43.4 Å². The Kier molecular flexibility index (Phi) is 5.37. The van der Waals surface area contributed by atoms with Crippen molar-refractivity contribution < 1.29 is 24.5 Å². The molecule has 2 amide bonds. The molecule has 0 bridgehead atoms. The predicted octanol–water partition coefficient (Wildman–Crippen LogP) is -0.594. The number of aliphatic hydroxyl groups excluding tert-OH is 2. The summed E-state index contributed by atoms with van der Waals surface area (Å²) < 4.78 is 6.66. The number of nitrogens with zero attached hydrogens (tertiary/aromatic N) is 2. The molecule has 1 unspecified atom stereocenters. The van der Waals surface area contributed by atoms with Crippen molar-refractivity contribution in [3.05, 3.63) is 68.0 Å². The molecular weight excluding hydrogens is 394 g/mol. The van der Waals surface area contributed by atoms with Crippen LogP contribution in [-0.4, -0.2) is 61.8 Å². The van der Waals surface area contributed by atoms with Crippen LogP contribution in [0.15, 0.2) is 40.1 Å². The number of carbonyl (C=O) groups is 2. The molecule has 4 rings (SSSR count). The summed E-state index contributed by atoms with van der Waals surface area (Å²) in [5.74, 6) is -0.726. The van der Waals surface area contributed by atoms with Crippen molar-refractivity contribution in [3.8, 4) is 0 Å². The molecule has 10 heteroatoms. The minimum atomic E-state index is -0.920. The molecule has 1 aromatic heterocycles. The summed E-state index contributed by atoms with van der Waals surface area (Å²) in [6, 6.07) is 6.59. The van der Waals surface area contributed by atoms with Gasteiger partial charge in [0.15, 0.2) is 0 Å². The van der Waals surface area contributed by atoms with Crippen LogP contribution >= 0.6 is 0 Å². The molecule has 0 saturated carbocycles. The van der Waals surface area contributed by atoms with Crippen molar-refractivity contribution in [2.45, 2.75) is 37.7 Å². The lowest BCUT2D eigenvalue weighted by atomic mass is 10.1. The molecule has 2 aromatic rings. The maximum atomic E-state index is 12.4. The van der Waals surface area contributed by atoms with E-state index < -0.39 is 29.7 Å². The third kappa shape index (κ3) is 3.49. The van der Waals surface area contributed by atoms with Crippen LogP contribution in [0.25, 0.3) is 0 Å². The maximum Gasteiger partial charge on any atom is 0.330 e. The number of amides is 2. The zero-order valence-electron chi connectivity index (χ0n) is 16.0. The molecule has 3 heterocycles. The summed E-state index contributed by atoms with van der Waals surface area (Å²) in [6.45, 7) is -0.251. The number of benzene rings is 1. The zero-order valence-corrected chi connectivity index (χ0v) is 16.0. The summed E-state index contributed by atoms with van der Waals surface area (Å²) in [5.41, 5.74) is -0.221. The average Bonchev–Trinajstić information content (AvgIpc) is 3.22. The van der Waals surface area contributed by atoms with Gasteiger partial charge in [-0.3, -0.25) is 28.8 Å². The number of rotatable bonds is 6. The fourth-order valence-electron chi connectivity index (χ4n) is 3.84. The summed E-state index contributed by atoms with van der Waals surface area (Å²) >= 11 is 0. The number of aryl methyl sites for hydroxylation is 1. The molecule has 1 saturated heterocycles. The molecule has 30 heavy (non-hydrogen) atoms. The van der Waals surface area contributed by atoms with Crippen LogP contribution in [0.1, 0.15) is 45.3 Å². The number of imide groups is 1. The maximum absolute atomic E-state index is 12.4. The fourth-order valence-corrected chi connectivity index (χ4v) is 3.84. The van der Waals surface area contributed by atoms with E-state index in [0.717, 1.165) is 4.90 Å². The number of aromatic amines is 1. The van der Waals surface area contributed by atoms with Gasteiger partial charge in [0, 0.05) is 24.7 Å². The molecule has 3 atom stereocenters. The fraction of sp³-hybridized carbons (Fsp3) is 0.400. The molecule has 3 N–H and O–H groups in total. The monoisotopic (exact) mass is 415 g/mol. The number of nitrogens with one attached hydrogen (secondary N) is 1. The van der Waals surface area contributed by atoms with E-state index in [9.17, 15) is 29.4 Å². The highest BCUT2D eigenvalue weighted by molar-refractivity contribution is 6.21. The standard InChI is InChI=1S/C20H21N3O7/c24-10-15-14(25)8-16(30-15)23-9-11(17(26)21-20(23)29)4-3-7-22-18(27)12-5-1-2-6-13(12)19(22)28/h1-2,5-6,9,14-16,24-25H,3-4,7-8,10H2,(H,21,26,29)/t14?,15-,16-/m0/s1. The minimum absolute atomic E-state index is 0.103. The molecule has 0 spiro atoms. The van der Waals surface area contributed by atoms with Crippen molar-refractivity contribution in [1.82, 2.24) is 14.5 Å². The first kappa shape index (κ1) is 20.2. The Morgan fingerprint density at radius 3 is 2.37 bits per heavy atom. The van der Waals surface area contributed by atoms with Gasteiger partial charge in [0.25, 0.3) is 17.4 Å². The Hall–Kier alpha value is -3.08. The van der Waals surface area contributed by atoms with Crippen LogP contribution in [0.5, 0.6) is 0 Å². The van der Waals surface area contributed by atoms with Crippen LogP contribution in [0.2, 0.25) is 0 Å². The quantitative estimate of drug-likeness (QED) is 0.535. The molecule has 0 radical (unpaired) electrons. The second-order valence-electron chi connectivity index (χ2n) is 7.35. The SMILES string of the molecule is O=C1c2ccccc2C(=O)N1CCCc1cn([C@@H]2CC(O)[C@H](CO)O2)c(=O)[nH]c1=O. The molecule has 10 nitrogen and oxygen atoms in total. The minimum Gasteiger partial charge on any atom is -0.394 e. The molecule has 0 aliphatic carbocycles. The molecule has 158 valence electrons. The first-order chi connectivity index (χ1) is 14.4. The number of fused-ring (bicyclic) bond motifs is 1. The molecular formula is C20H21N3O7. The van der Waals surface area contributed by atoms with E-state index in [1.165, 1.54) is 10.8 Å². The number of hydrogen-bond acceptors (Lipinski definition) is 7. The highest BCUT2D eigenvalue weighted by atomic mass is 16.5. The van der Waals surface area contributed by atoms with E-state index in [1.54, 1.807) is 24.3 Å². The molecule has 1 fully saturated rings. The van der Waals surface area contributed by atoms with Crippen molar-refractivity contribution in [3.63, 3.8) is 0 Å². The Labute approximate surface area is 170 Å². The predicted molar refractivity (Wildman–Crippen MR) is 103 cm³/mol. The van der Waals surface area contributed by atoms with E-state index in [0.29, 0.717) is 17.5 Å². The Balaban J connectivity index is 1.46.